The van der Waals surface area contributed by atoms with Gasteiger partial charge in [-0.3, -0.25) is 0 Å². The number of nitrogens with one attached hydrogen (secondary N) is 1. The molecule has 0 aromatic rings. The summed E-state index contributed by atoms with van der Waals surface area (Å²) in [5.74, 6) is 0. The molecule has 0 spiro atoms. The largest absolute Gasteiger partial charge is 0.278 e. The van der Waals surface area contributed by atoms with Crippen LogP contribution in [-0.4, -0.2) is 64.9 Å². The summed E-state index contributed by atoms with van der Waals surface area (Å²) < 4.78 is 52.2. The van der Waals surface area contributed by atoms with Crippen molar-refractivity contribution in [1.82, 2.24) is 13.3 Å². The fourth-order valence-corrected chi connectivity index (χ4v) is 4.36. The molecule has 7 nitrogen and oxygen atoms in total. The fourth-order valence-electron chi connectivity index (χ4n) is 2.58. The maximum absolute atomic E-state index is 12.0. The van der Waals surface area contributed by atoms with Gasteiger partial charge in [0.05, 0.1) is 6.26 Å². The summed E-state index contributed by atoms with van der Waals surface area (Å²) in [6.45, 7) is 0.265. The third-order valence-electron chi connectivity index (χ3n) is 3.76. The van der Waals surface area contributed by atoms with Crippen LogP contribution in [0, 0.1) is 0 Å². The summed E-state index contributed by atoms with van der Waals surface area (Å²) in [5.41, 5.74) is 0. The molecule has 21 heavy (non-hydrogen) atoms. The molecule has 0 radical (unpaired) electrons. The summed E-state index contributed by atoms with van der Waals surface area (Å²) in [6, 6.07) is -0.00800. The van der Waals surface area contributed by atoms with Gasteiger partial charge in [0.15, 0.2) is 0 Å². The Labute approximate surface area is 128 Å². The molecule has 9 heteroatoms. The van der Waals surface area contributed by atoms with Crippen molar-refractivity contribution < 1.29 is 16.8 Å². The highest BCUT2D eigenvalue weighted by atomic mass is 32.2. The first-order valence-corrected chi connectivity index (χ1v) is 10.6. The minimum Gasteiger partial charge on any atom is -0.212 e. The molecule has 1 N–H and O–H groups in total. The Hall–Kier alpha value is -0.220. The third-order valence-corrected chi connectivity index (χ3v) is 6.62. The van der Waals surface area contributed by atoms with Gasteiger partial charge in [-0.25, -0.2) is 13.1 Å². The van der Waals surface area contributed by atoms with Crippen LogP contribution in [0.3, 0.4) is 0 Å². The van der Waals surface area contributed by atoms with Gasteiger partial charge in [-0.1, -0.05) is 25.7 Å². The van der Waals surface area contributed by atoms with E-state index in [2.05, 4.69) is 4.72 Å². The van der Waals surface area contributed by atoms with Crippen molar-refractivity contribution in [2.45, 2.75) is 44.6 Å². The average molecular weight is 341 g/mol. The van der Waals surface area contributed by atoms with E-state index < -0.39 is 20.2 Å². The lowest BCUT2D eigenvalue weighted by Crippen LogP contribution is -2.45. The summed E-state index contributed by atoms with van der Waals surface area (Å²) in [4.78, 5) is 0. The van der Waals surface area contributed by atoms with Crippen molar-refractivity contribution in [1.29, 1.82) is 0 Å². The van der Waals surface area contributed by atoms with Crippen molar-refractivity contribution in [3.8, 4) is 0 Å². The molecule has 1 aliphatic carbocycles. The Bertz CT molecular complexity index is 509. The van der Waals surface area contributed by atoms with Crippen molar-refractivity contribution in [2.75, 3.05) is 33.4 Å². The molecule has 1 saturated carbocycles. The van der Waals surface area contributed by atoms with Gasteiger partial charge in [0.2, 0.25) is 10.0 Å². The molecular formula is C12H27N3O4S2. The highest BCUT2D eigenvalue weighted by Crippen LogP contribution is 2.23. The minimum atomic E-state index is -3.52. The highest BCUT2D eigenvalue weighted by molar-refractivity contribution is 7.88. The third kappa shape index (κ3) is 6.19. The summed E-state index contributed by atoms with van der Waals surface area (Å²) >= 11 is 0. The standard InChI is InChI=1S/C12H27N3O4S2/c1-14(2)21(18,19)13-10-11-15(20(3,16)17)12-8-6-4-5-7-9-12/h12-13H,4-11H2,1-3H3. The Morgan fingerprint density at radius 1 is 1.00 bits per heavy atom. The molecule has 0 atom stereocenters. The van der Waals surface area contributed by atoms with E-state index in [0.29, 0.717) is 0 Å². The molecule has 0 bridgehead atoms. The molecule has 1 aliphatic rings. The van der Waals surface area contributed by atoms with E-state index in [4.69, 9.17) is 0 Å². The molecule has 0 aromatic heterocycles. The van der Waals surface area contributed by atoms with E-state index >= 15 is 0 Å². The van der Waals surface area contributed by atoms with E-state index in [1.165, 1.54) is 24.7 Å². The topological polar surface area (TPSA) is 86.8 Å². The number of sulfonamides is 1. The van der Waals surface area contributed by atoms with E-state index in [0.717, 1.165) is 42.8 Å². The number of hydrogen-bond donors (Lipinski definition) is 1. The molecule has 0 unspecified atom stereocenters. The van der Waals surface area contributed by atoms with Gasteiger partial charge in [0.1, 0.15) is 0 Å². The molecule has 1 fully saturated rings. The van der Waals surface area contributed by atoms with Gasteiger partial charge in [-0.05, 0) is 12.8 Å². The van der Waals surface area contributed by atoms with E-state index in [9.17, 15) is 16.8 Å². The van der Waals surface area contributed by atoms with Gasteiger partial charge >= 0.3 is 0 Å². The molecule has 0 amide bonds. The summed E-state index contributed by atoms with van der Waals surface area (Å²) in [6.07, 6.45) is 7.24. The Morgan fingerprint density at radius 2 is 1.52 bits per heavy atom. The molecule has 0 saturated heterocycles. The van der Waals surface area contributed by atoms with E-state index in [1.54, 1.807) is 0 Å². The Balaban J connectivity index is 2.67. The zero-order valence-electron chi connectivity index (χ0n) is 13.1. The van der Waals surface area contributed by atoms with Crippen LogP contribution in [0.4, 0.5) is 0 Å². The summed E-state index contributed by atoms with van der Waals surface area (Å²) in [7, 11) is -3.98. The maximum atomic E-state index is 12.0. The van der Waals surface area contributed by atoms with Gasteiger partial charge in [0, 0.05) is 33.2 Å². The quantitative estimate of drug-likeness (QED) is 0.678. The van der Waals surface area contributed by atoms with Crippen LogP contribution < -0.4 is 4.72 Å². The van der Waals surface area contributed by atoms with Crippen molar-refractivity contribution in [3.05, 3.63) is 0 Å². The van der Waals surface area contributed by atoms with Crippen LogP contribution in [0.25, 0.3) is 0 Å². The van der Waals surface area contributed by atoms with Crippen molar-refractivity contribution in [2.24, 2.45) is 0 Å². The second kappa shape index (κ2) is 7.87. The van der Waals surface area contributed by atoms with Crippen LogP contribution in [-0.2, 0) is 20.2 Å². The molecule has 0 aromatic carbocycles. The van der Waals surface area contributed by atoms with Crippen LogP contribution in [0.1, 0.15) is 38.5 Å². The fraction of sp³-hybridized carbons (Fsp3) is 1.00. The second-order valence-electron chi connectivity index (χ2n) is 5.70. The number of nitrogens with zero attached hydrogens (tertiary/aromatic N) is 2. The first kappa shape index (κ1) is 18.8. The lowest BCUT2D eigenvalue weighted by Gasteiger charge is -2.29. The SMILES string of the molecule is CN(C)S(=O)(=O)NCCN(C1CCCCCC1)S(C)(=O)=O. The molecule has 1 rings (SSSR count). The second-order valence-corrected chi connectivity index (χ2v) is 9.61. The Morgan fingerprint density at radius 3 is 1.95 bits per heavy atom. The summed E-state index contributed by atoms with van der Waals surface area (Å²) in [5, 5.41) is 0. The number of hydrogen-bond acceptors (Lipinski definition) is 4. The van der Waals surface area contributed by atoms with E-state index in [-0.39, 0.29) is 19.1 Å². The first-order chi connectivity index (χ1) is 9.64. The normalized spacial score (nSPS) is 19.1. The van der Waals surface area contributed by atoms with Crippen LogP contribution >= 0.6 is 0 Å². The van der Waals surface area contributed by atoms with Gasteiger partial charge in [-0.15, -0.1) is 0 Å². The highest BCUT2D eigenvalue weighted by Gasteiger charge is 2.27. The smallest absolute Gasteiger partial charge is 0.212 e. The maximum Gasteiger partial charge on any atom is 0.278 e. The van der Waals surface area contributed by atoms with Gasteiger partial charge < -0.3 is 0 Å². The van der Waals surface area contributed by atoms with Crippen LogP contribution in [0.15, 0.2) is 0 Å². The minimum absolute atomic E-state index is 0.00800. The lowest BCUT2D eigenvalue weighted by molar-refractivity contribution is 0.297. The molecule has 0 aliphatic heterocycles. The van der Waals surface area contributed by atoms with Crippen LogP contribution in [0.2, 0.25) is 0 Å². The van der Waals surface area contributed by atoms with Gasteiger partial charge in [-0.2, -0.15) is 17.0 Å². The van der Waals surface area contributed by atoms with Crippen molar-refractivity contribution >= 4 is 20.2 Å². The van der Waals surface area contributed by atoms with Gasteiger partial charge in [0.25, 0.3) is 10.2 Å². The van der Waals surface area contributed by atoms with Crippen molar-refractivity contribution in [3.63, 3.8) is 0 Å². The van der Waals surface area contributed by atoms with Crippen LogP contribution in [0.5, 0.6) is 0 Å². The monoisotopic (exact) mass is 341 g/mol. The predicted octanol–water partition coefficient (Wildman–Crippen LogP) is 0.367. The first-order valence-electron chi connectivity index (χ1n) is 7.28. The molecule has 0 heterocycles. The molecule has 126 valence electrons. The average Bonchev–Trinajstić information content (AvgIpc) is 2.61. The predicted molar refractivity (Wildman–Crippen MR) is 83.6 cm³/mol. The zero-order valence-corrected chi connectivity index (χ0v) is 14.7. The number of rotatable bonds is 7. The zero-order chi connectivity index (χ0) is 16.1. The van der Waals surface area contributed by atoms with E-state index in [1.807, 2.05) is 0 Å². The Kier molecular flexibility index (Phi) is 7.05. The lowest BCUT2D eigenvalue weighted by atomic mass is 10.1. The molecular weight excluding hydrogens is 314 g/mol.